The standard InChI is InChI=1S/C10H21NO2/c1-9(2)11-5-6-13-10(3,7-11)8-12-4/h9H,5-8H2,1-4H3/t10-/m0/s1. The molecule has 1 atom stereocenters. The second-order valence-corrected chi connectivity index (χ2v) is 4.30. The lowest BCUT2D eigenvalue weighted by atomic mass is 10.0. The van der Waals surface area contributed by atoms with Crippen LogP contribution in [0.3, 0.4) is 0 Å². The average Bonchev–Trinajstić information content (AvgIpc) is 2.04. The molecule has 0 amide bonds. The minimum absolute atomic E-state index is 0.114. The summed E-state index contributed by atoms with van der Waals surface area (Å²) < 4.78 is 10.9. The SMILES string of the molecule is COC[C@]1(C)CN(C(C)C)CCO1. The lowest BCUT2D eigenvalue weighted by Gasteiger charge is -2.41. The van der Waals surface area contributed by atoms with Crippen molar-refractivity contribution in [3.63, 3.8) is 0 Å². The largest absolute Gasteiger partial charge is 0.382 e. The number of hydrogen-bond acceptors (Lipinski definition) is 3. The van der Waals surface area contributed by atoms with Crippen molar-refractivity contribution in [3.8, 4) is 0 Å². The topological polar surface area (TPSA) is 21.7 Å². The molecule has 1 rings (SSSR count). The van der Waals surface area contributed by atoms with Crippen LogP contribution in [-0.2, 0) is 9.47 Å². The van der Waals surface area contributed by atoms with Crippen LogP contribution >= 0.6 is 0 Å². The highest BCUT2D eigenvalue weighted by molar-refractivity contribution is 4.84. The van der Waals surface area contributed by atoms with Crippen molar-refractivity contribution in [3.05, 3.63) is 0 Å². The second kappa shape index (κ2) is 4.40. The Kier molecular flexibility index (Phi) is 3.71. The molecule has 0 unspecified atom stereocenters. The Morgan fingerprint density at radius 1 is 1.54 bits per heavy atom. The molecule has 1 saturated heterocycles. The molecule has 0 radical (unpaired) electrons. The molecule has 1 aliphatic heterocycles. The van der Waals surface area contributed by atoms with Gasteiger partial charge in [-0.2, -0.15) is 0 Å². The summed E-state index contributed by atoms with van der Waals surface area (Å²) in [6.45, 7) is 10.1. The van der Waals surface area contributed by atoms with Crippen LogP contribution in [0.15, 0.2) is 0 Å². The molecular weight excluding hydrogens is 166 g/mol. The normalized spacial score (nSPS) is 31.2. The molecule has 0 aromatic heterocycles. The summed E-state index contributed by atoms with van der Waals surface area (Å²) in [5.74, 6) is 0. The number of nitrogens with zero attached hydrogens (tertiary/aromatic N) is 1. The highest BCUT2D eigenvalue weighted by Gasteiger charge is 2.32. The summed E-state index contributed by atoms with van der Waals surface area (Å²) in [6.07, 6.45) is 0. The fraction of sp³-hybridized carbons (Fsp3) is 1.00. The smallest absolute Gasteiger partial charge is 0.101 e. The van der Waals surface area contributed by atoms with E-state index >= 15 is 0 Å². The van der Waals surface area contributed by atoms with Crippen LogP contribution < -0.4 is 0 Å². The molecule has 0 spiro atoms. The van der Waals surface area contributed by atoms with E-state index in [0.717, 1.165) is 19.7 Å². The van der Waals surface area contributed by atoms with E-state index in [1.807, 2.05) is 0 Å². The minimum Gasteiger partial charge on any atom is -0.382 e. The monoisotopic (exact) mass is 187 g/mol. The first-order valence-corrected chi connectivity index (χ1v) is 4.94. The first-order valence-electron chi connectivity index (χ1n) is 4.94. The van der Waals surface area contributed by atoms with Crippen LogP contribution in [0.2, 0.25) is 0 Å². The van der Waals surface area contributed by atoms with Gasteiger partial charge in [-0.05, 0) is 20.8 Å². The second-order valence-electron chi connectivity index (χ2n) is 4.30. The van der Waals surface area contributed by atoms with Gasteiger partial charge in [-0.1, -0.05) is 0 Å². The molecule has 0 aromatic carbocycles. The molecule has 1 fully saturated rings. The summed E-state index contributed by atoms with van der Waals surface area (Å²) in [4.78, 5) is 2.43. The van der Waals surface area contributed by atoms with Gasteiger partial charge in [-0.15, -0.1) is 0 Å². The number of rotatable bonds is 3. The van der Waals surface area contributed by atoms with Crippen LogP contribution in [0.1, 0.15) is 20.8 Å². The quantitative estimate of drug-likeness (QED) is 0.661. The minimum atomic E-state index is -0.114. The Bertz CT molecular complexity index is 157. The molecule has 3 heteroatoms. The third kappa shape index (κ3) is 2.93. The van der Waals surface area contributed by atoms with E-state index in [9.17, 15) is 0 Å². The molecular formula is C10H21NO2. The predicted molar refractivity (Wildman–Crippen MR) is 52.9 cm³/mol. The number of methoxy groups -OCH3 is 1. The fourth-order valence-corrected chi connectivity index (χ4v) is 1.80. The van der Waals surface area contributed by atoms with Crippen LogP contribution in [0.25, 0.3) is 0 Å². The summed E-state index contributed by atoms with van der Waals surface area (Å²) in [5.41, 5.74) is -0.114. The van der Waals surface area contributed by atoms with Gasteiger partial charge in [0.1, 0.15) is 5.60 Å². The molecule has 0 aliphatic carbocycles. The van der Waals surface area contributed by atoms with E-state index in [1.165, 1.54) is 0 Å². The molecule has 78 valence electrons. The van der Waals surface area contributed by atoms with E-state index in [1.54, 1.807) is 7.11 Å². The summed E-state index contributed by atoms with van der Waals surface area (Å²) in [6, 6.07) is 0.597. The van der Waals surface area contributed by atoms with Crippen molar-refractivity contribution in [2.24, 2.45) is 0 Å². The van der Waals surface area contributed by atoms with Crippen molar-refractivity contribution in [2.75, 3.05) is 33.4 Å². The number of hydrogen-bond donors (Lipinski definition) is 0. The van der Waals surface area contributed by atoms with Crippen LogP contribution in [-0.4, -0.2) is 50.0 Å². The fourth-order valence-electron chi connectivity index (χ4n) is 1.80. The van der Waals surface area contributed by atoms with Gasteiger partial charge in [0.25, 0.3) is 0 Å². The van der Waals surface area contributed by atoms with E-state index in [2.05, 4.69) is 25.7 Å². The Balaban J connectivity index is 2.49. The van der Waals surface area contributed by atoms with Gasteiger partial charge in [-0.3, -0.25) is 4.90 Å². The van der Waals surface area contributed by atoms with E-state index in [-0.39, 0.29) is 5.60 Å². The van der Waals surface area contributed by atoms with Crippen molar-refractivity contribution in [2.45, 2.75) is 32.4 Å². The predicted octanol–water partition coefficient (Wildman–Crippen LogP) is 1.13. The van der Waals surface area contributed by atoms with Gasteiger partial charge in [0, 0.05) is 26.2 Å². The van der Waals surface area contributed by atoms with E-state index < -0.39 is 0 Å². The summed E-state index contributed by atoms with van der Waals surface area (Å²) >= 11 is 0. The highest BCUT2D eigenvalue weighted by atomic mass is 16.5. The Morgan fingerprint density at radius 2 is 2.23 bits per heavy atom. The third-order valence-corrected chi connectivity index (χ3v) is 2.55. The first kappa shape index (κ1) is 11.0. The lowest BCUT2D eigenvalue weighted by molar-refractivity contribution is -0.133. The molecule has 0 bridgehead atoms. The maximum absolute atomic E-state index is 5.72. The van der Waals surface area contributed by atoms with E-state index in [0.29, 0.717) is 12.6 Å². The van der Waals surface area contributed by atoms with Gasteiger partial charge >= 0.3 is 0 Å². The van der Waals surface area contributed by atoms with Gasteiger partial charge in [0.15, 0.2) is 0 Å². The van der Waals surface area contributed by atoms with Crippen molar-refractivity contribution >= 4 is 0 Å². The van der Waals surface area contributed by atoms with Crippen molar-refractivity contribution < 1.29 is 9.47 Å². The van der Waals surface area contributed by atoms with Crippen molar-refractivity contribution in [1.29, 1.82) is 0 Å². The Hall–Kier alpha value is -0.120. The molecule has 0 aromatic rings. The highest BCUT2D eigenvalue weighted by Crippen LogP contribution is 2.19. The maximum atomic E-state index is 5.72. The van der Waals surface area contributed by atoms with Gasteiger partial charge < -0.3 is 9.47 Å². The zero-order valence-electron chi connectivity index (χ0n) is 9.17. The van der Waals surface area contributed by atoms with Crippen LogP contribution in [0, 0.1) is 0 Å². The number of morpholine rings is 1. The number of ether oxygens (including phenoxy) is 2. The molecule has 13 heavy (non-hydrogen) atoms. The van der Waals surface area contributed by atoms with E-state index in [4.69, 9.17) is 9.47 Å². The molecule has 1 heterocycles. The molecule has 0 N–H and O–H groups in total. The van der Waals surface area contributed by atoms with Gasteiger partial charge in [0.2, 0.25) is 0 Å². The molecule has 0 saturated carbocycles. The zero-order valence-corrected chi connectivity index (χ0v) is 9.17. The van der Waals surface area contributed by atoms with Crippen molar-refractivity contribution in [1.82, 2.24) is 4.90 Å². The lowest BCUT2D eigenvalue weighted by Crippen LogP contribution is -2.54. The summed E-state index contributed by atoms with van der Waals surface area (Å²) in [5, 5.41) is 0. The zero-order chi connectivity index (χ0) is 9.90. The first-order chi connectivity index (χ1) is 6.07. The molecule has 1 aliphatic rings. The van der Waals surface area contributed by atoms with Crippen LogP contribution in [0.5, 0.6) is 0 Å². The Morgan fingerprint density at radius 3 is 2.77 bits per heavy atom. The third-order valence-electron chi connectivity index (χ3n) is 2.55. The van der Waals surface area contributed by atoms with Crippen LogP contribution in [0.4, 0.5) is 0 Å². The van der Waals surface area contributed by atoms with Gasteiger partial charge in [0.05, 0.1) is 13.2 Å². The van der Waals surface area contributed by atoms with Gasteiger partial charge in [-0.25, -0.2) is 0 Å². The Labute approximate surface area is 81.0 Å². The average molecular weight is 187 g/mol. The maximum Gasteiger partial charge on any atom is 0.101 e. The summed E-state index contributed by atoms with van der Waals surface area (Å²) in [7, 11) is 1.73. The molecule has 3 nitrogen and oxygen atoms in total.